The van der Waals surface area contributed by atoms with E-state index >= 15 is 0 Å². The number of aromatic nitrogens is 1. The minimum absolute atomic E-state index is 0.0825. The van der Waals surface area contributed by atoms with Crippen molar-refractivity contribution in [3.63, 3.8) is 0 Å². The van der Waals surface area contributed by atoms with Gasteiger partial charge in [-0.1, -0.05) is 148 Å². The summed E-state index contributed by atoms with van der Waals surface area (Å²) in [7, 11) is -0.251. The van der Waals surface area contributed by atoms with Crippen molar-refractivity contribution < 1.29 is 0 Å². The van der Waals surface area contributed by atoms with Crippen LogP contribution in [-0.4, -0.2) is 24.4 Å². The van der Waals surface area contributed by atoms with E-state index < -0.39 is 8.24 Å². The van der Waals surface area contributed by atoms with Crippen molar-refractivity contribution in [2.24, 2.45) is 0 Å². The molecule has 7 rings (SSSR count). The molecule has 0 saturated carbocycles. The smallest absolute Gasteiger partial charge is 0.225 e. The number of para-hydroxylation sites is 1. The molecular weight excluding hydrogens is 561 g/mol. The van der Waals surface area contributed by atoms with Gasteiger partial charge in [-0.15, -0.1) is 0 Å². The Morgan fingerprint density at radius 2 is 1.07 bits per heavy atom. The van der Waals surface area contributed by atoms with Gasteiger partial charge in [-0.25, -0.2) is 0 Å². The average molecular weight is 601 g/mol. The van der Waals surface area contributed by atoms with Gasteiger partial charge in [0.15, 0.2) is 0 Å². The maximum atomic E-state index is 2.65. The minimum atomic E-state index is -2.57. The van der Waals surface area contributed by atoms with E-state index in [9.17, 15) is 0 Å². The van der Waals surface area contributed by atoms with Gasteiger partial charge < -0.3 is 9.13 Å². The molecule has 2 nitrogen and oxygen atoms in total. The molecule has 222 valence electrons. The van der Waals surface area contributed by atoms with Crippen LogP contribution in [-0.2, 0) is 12.0 Å². The van der Waals surface area contributed by atoms with E-state index in [0.29, 0.717) is 0 Å². The van der Waals surface area contributed by atoms with E-state index in [1.807, 2.05) is 0 Å². The monoisotopic (exact) mass is 600 g/mol. The second kappa shape index (κ2) is 11.7. The van der Waals surface area contributed by atoms with Crippen LogP contribution in [0.1, 0.15) is 31.9 Å². The zero-order valence-electron chi connectivity index (χ0n) is 26.6. The molecule has 3 heteroatoms. The van der Waals surface area contributed by atoms with Gasteiger partial charge in [0.2, 0.25) is 8.24 Å². The third kappa shape index (κ3) is 5.12. The molecule has 0 saturated heterocycles. The molecule has 0 amide bonds. The van der Waals surface area contributed by atoms with Crippen molar-refractivity contribution in [1.82, 2.24) is 9.13 Å². The van der Waals surface area contributed by atoms with E-state index in [1.54, 1.807) is 0 Å². The Morgan fingerprint density at radius 3 is 1.64 bits per heavy atom. The Morgan fingerprint density at radius 1 is 0.533 bits per heavy atom. The fraction of sp³-hybridized carbons (Fsp3) is 0.143. The molecule has 6 aromatic carbocycles. The van der Waals surface area contributed by atoms with Crippen LogP contribution in [0, 0.1) is 0 Å². The molecule has 0 aliphatic heterocycles. The first kappa shape index (κ1) is 29.0. The van der Waals surface area contributed by atoms with Crippen LogP contribution in [0.4, 0.5) is 0 Å². The van der Waals surface area contributed by atoms with Gasteiger partial charge in [-0.3, -0.25) is 0 Å². The molecule has 0 unspecified atom stereocenters. The average Bonchev–Trinajstić information content (AvgIpc) is 3.40. The Hall–Kier alpha value is -4.70. The lowest BCUT2D eigenvalue weighted by atomic mass is 9.87. The molecule has 7 aromatic rings. The van der Waals surface area contributed by atoms with Crippen molar-refractivity contribution in [2.45, 2.75) is 32.7 Å². The molecule has 0 spiro atoms. The number of nitrogens with zero attached hydrogens (tertiary/aromatic N) is 2. The quantitative estimate of drug-likeness (QED) is 0.132. The van der Waals surface area contributed by atoms with Gasteiger partial charge in [-0.2, -0.15) is 0 Å². The second-order valence-corrected chi connectivity index (χ2v) is 17.1. The van der Waals surface area contributed by atoms with Crippen LogP contribution in [0.3, 0.4) is 0 Å². The van der Waals surface area contributed by atoms with Gasteiger partial charge in [0.25, 0.3) is 0 Å². The lowest BCUT2D eigenvalue weighted by Crippen LogP contribution is -2.76. The molecule has 0 N–H and O–H groups in total. The number of hydrogen-bond acceptors (Lipinski definition) is 1. The van der Waals surface area contributed by atoms with E-state index in [2.05, 4.69) is 195 Å². The maximum absolute atomic E-state index is 2.65. The predicted molar refractivity (Wildman–Crippen MR) is 195 cm³/mol. The minimum Gasteiger partial charge on any atom is -0.312 e. The first-order valence-electron chi connectivity index (χ1n) is 15.9. The van der Waals surface area contributed by atoms with Gasteiger partial charge in [0, 0.05) is 23.0 Å². The van der Waals surface area contributed by atoms with Crippen molar-refractivity contribution in [3.8, 4) is 5.69 Å². The SMILES string of the molecule is CN(Cc1ccc2c(c1)c1ccccc1n2-c1cccc(C(C)(C)C)c1)[Si](c1ccccc1)(c1ccccc1)c1ccccc1. The summed E-state index contributed by atoms with van der Waals surface area (Å²) in [5, 5.41) is 6.75. The fourth-order valence-electron chi connectivity index (χ4n) is 7.10. The Balaban J connectivity index is 1.38. The Bertz CT molecular complexity index is 1980. The third-order valence-electron chi connectivity index (χ3n) is 9.27. The maximum Gasteiger partial charge on any atom is 0.225 e. The Labute approximate surface area is 268 Å². The molecule has 0 aliphatic carbocycles. The molecular formula is C42H40N2Si. The summed E-state index contributed by atoms with van der Waals surface area (Å²) in [6, 6.07) is 58.4. The normalized spacial score (nSPS) is 12.3. The highest BCUT2D eigenvalue weighted by molar-refractivity contribution is 7.09. The van der Waals surface area contributed by atoms with Crippen LogP contribution >= 0.6 is 0 Å². The number of hydrogen-bond donors (Lipinski definition) is 0. The van der Waals surface area contributed by atoms with Crippen molar-refractivity contribution in [3.05, 3.63) is 169 Å². The summed E-state index contributed by atoms with van der Waals surface area (Å²) in [4.78, 5) is 0. The summed E-state index contributed by atoms with van der Waals surface area (Å²) >= 11 is 0. The summed E-state index contributed by atoms with van der Waals surface area (Å²) < 4.78 is 5.09. The van der Waals surface area contributed by atoms with Crippen LogP contribution in [0.15, 0.2) is 158 Å². The van der Waals surface area contributed by atoms with Gasteiger partial charge in [-0.05, 0) is 69.5 Å². The molecule has 45 heavy (non-hydrogen) atoms. The Kier molecular flexibility index (Phi) is 7.52. The summed E-state index contributed by atoms with van der Waals surface area (Å²) in [6.45, 7) is 7.68. The van der Waals surface area contributed by atoms with Gasteiger partial charge in [0.1, 0.15) is 0 Å². The first-order valence-corrected chi connectivity index (χ1v) is 17.8. The highest BCUT2D eigenvalue weighted by Crippen LogP contribution is 2.34. The highest BCUT2D eigenvalue weighted by atomic mass is 28.3. The van der Waals surface area contributed by atoms with Crippen LogP contribution in [0.5, 0.6) is 0 Å². The molecule has 0 aliphatic rings. The topological polar surface area (TPSA) is 8.17 Å². The van der Waals surface area contributed by atoms with Crippen molar-refractivity contribution in [2.75, 3.05) is 7.05 Å². The molecule has 0 bridgehead atoms. The van der Waals surface area contributed by atoms with Crippen molar-refractivity contribution in [1.29, 1.82) is 0 Å². The molecule has 1 aromatic heterocycles. The fourth-order valence-corrected chi connectivity index (χ4v) is 11.9. The number of rotatable bonds is 7. The van der Waals surface area contributed by atoms with Crippen LogP contribution in [0.2, 0.25) is 0 Å². The zero-order valence-corrected chi connectivity index (χ0v) is 27.6. The molecule has 1 heterocycles. The summed E-state index contributed by atoms with van der Waals surface area (Å²) in [6.07, 6.45) is 0. The number of benzene rings is 6. The molecule has 0 radical (unpaired) electrons. The first-order chi connectivity index (χ1) is 21.9. The molecule has 0 fully saturated rings. The highest BCUT2D eigenvalue weighted by Gasteiger charge is 2.43. The van der Waals surface area contributed by atoms with E-state index in [0.717, 1.165) is 6.54 Å². The lowest BCUT2D eigenvalue weighted by Gasteiger charge is -2.41. The molecule has 0 atom stereocenters. The van der Waals surface area contributed by atoms with Crippen molar-refractivity contribution >= 4 is 45.6 Å². The largest absolute Gasteiger partial charge is 0.312 e. The second-order valence-electron chi connectivity index (χ2n) is 13.2. The predicted octanol–water partition coefficient (Wildman–Crippen LogP) is 8.18. The van der Waals surface area contributed by atoms with Crippen LogP contribution in [0.25, 0.3) is 27.5 Å². The summed E-state index contributed by atoms with van der Waals surface area (Å²) in [5.41, 5.74) is 6.43. The van der Waals surface area contributed by atoms with Gasteiger partial charge in [0.05, 0.1) is 11.0 Å². The number of fused-ring (bicyclic) bond motifs is 3. The summed E-state index contributed by atoms with van der Waals surface area (Å²) in [5.74, 6) is 0. The zero-order chi connectivity index (χ0) is 31.0. The van der Waals surface area contributed by atoms with E-state index in [1.165, 1.54) is 54.2 Å². The van der Waals surface area contributed by atoms with E-state index in [-0.39, 0.29) is 5.41 Å². The van der Waals surface area contributed by atoms with Crippen LogP contribution < -0.4 is 15.6 Å². The van der Waals surface area contributed by atoms with E-state index in [4.69, 9.17) is 0 Å². The van der Waals surface area contributed by atoms with Gasteiger partial charge >= 0.3 is 0 Å². The third-order valence-corrected chi connectivity index (χ3v) is 14.1. The lowest BCUT2D eigenvalue weighted by molar-refractivity contribution is 0.518. The standard InChI is InChI=1S/C42H40N2Si/c1-42(2,3)33-17-16-18-34(30-33)44-40-26-15-14-25-38(40)39-29-32(27-28-41(39)44)31-43(4)45(35-19-8-5-9-20-35,36-21-10-6-11-22-36)37-23-12-7-13-24-37/h5-30H,31H2,1-4H3.